The van der Waals surface area contributed by atoms with E-state index in [-0.39, 0.29) is 5.91 Å². The van der Waals surface area contributed by atoms with E-state index in [4.69, 9.17) is 0 Å². The van der Waals surface area contributed by atoms with Crippen LogP contribution in [0.4, 0.5) is 13.2 Å². The second-order valence-electron chi connectivity index (χ2n) is 8.48. The Kier molecular flexibility index (Phi) is 4.78. The highest BCUT2D eigenvalue weighted by Crippen LogP contribution is 2.41. The maximum absolute atomic E-state index is 13.7. The Morgan fingerprint density at radius 2 is 1.71 bits per heavy atom. The zero-order valence-corrected chi connectivity index (χ0v) is 18.7. The first kappa shape index (κ1) is 21.0. The Labute approximate surface area is 197 Å². The number of H-pyrrole nitrogens is 1. The fourth-order valence-corrected chi connectivity index (χ4v) is 5.91. The third kappa shape index (κ3) is 3.39. The molecule has 2 aromatic heterocycles. The summed E-state index contributed by atoms with van der Waals surface area (Å²) in [5, 5.41) is 2.09. The summed E-state index contributed by atoms with van der Waals surface area (Å²) in [7, 11) is 0. The van der Waals surface area contributed by atoms with E-state index in [2.05, 4.69) is 4.98 Å². The standard InChI is InChI=1S/C27H19F3N2OS/c28-27(29,30)18-11-9-16(10-12-18)25-24-20(19-6-2-3-7-21(19)31-24)13-14-32(25)26(33)23-15-17-5-1-4-8-22(17)34-23/h1-12,15,25,31H,13-14H2. The van der Waals surface area contributed by atoms with E-state index >= 15 is 0 Å². The molecule has 170 valence electrons. The van der Waals surface area contributed by atoms with Crippen molar-refractivity contribution in [1.82, 2.24) is 9.88 Å². The number of para-hydroxylation sites is 1. The molecule has 7 heteroatoms. The molecule has 1 aliphatic heterocycles. The minimum absolute atomic E-state index is 0.115. The van der Waals surface area contributed by atoms with Gasteiger partial charge in [-0.1, -0.05) is 48.5 Å². The molecule has 0 spiro atoms. The highest BCUT2D eigenvalue weighted by atomic mass is 32.1. The molecule has 0 saturated carbocycles. The van der Waals surface area contributed by atoms with Gasteiger partial charge in [0.2, 0.25) is 0 Å². The minimum atomic E-state index is -4.41. The average molecular weight is 477 g/mol. The summed E-state index contributed by atoms with van der Waals surface area (Å²) in [5.41, 5.74) is 2.88. The molecule has 1 unspecified atom stereocenters. The van der Waals surface area contributed by atoms with Gasteiger partial charge in [0, 0.05) is 27.8 Å². The molecule has 1 amide bonds. The summed E-state index contributed by atoms with van der Waals surface area (Å²) in [6.45, 7) is 0.480. The number of nitrogens with one attached hydrogen (secondary N) is 1. The zero-order chi connectivity index (χ0) is 23.4. The molecule has 5 aromatic rings. The second-order valence-corrected chi connectivity index (χ2v) is 9.57. The average Bonchev–Trinajstić information content (AvgIpc) is 3.44. The van der Waals surface area contributed by atoms with Crippen molar-refractivity contribution in [3.8, 4) is 0 Å². The van der Waals surface area contributed by atoms with Crippen molar-refractivity contribution in [3.63, 3.8) is 0 Å². The highest BCUT2D eigenvalue weighted by Gasteiger charge is 2.36. The van der Waals surface area contributed by atoms with Crippen molar-refractivity contribution in [2.75, 3.05) is 6.54 Å². The van der Waals surface area contributed by atoms with E-state index in [1.165, 1.54) is 23.5 Å². The van der Waals surface area contributed by atoms with Gasteiger partial charge in [0.05, 0.1) is 16.5 Å². The molecule has 3 aromatic carbocycles. The normalized spacial score (nSPS) is 16.2. The molecule has 34 heavy (non-hydrogen) atoms. The molecule has 1 atom stereocenters. The summed E-state index contributed by atoms with van der Waals surface area (Å²) < 4.78 is 40.6. The van der Waals surface area contributed by atoms with Crippen LogP contribution in [0.2, 0.25) is 0 Å². The molecule has 1 N–H and O–H groups in total. The van der Waals surface area contributed by atoms with E-state index in [1.54, 1.807) is 4.90 Å². The van der Waals surface area contributed by atoms with E-state index in [9.17, 15) is 18.0 Å². The number of nitrogens with zero attached hydrogens (tertiary/aromatic N) is 1. The SMILES string of the molecule is O=C(c1cc2ccccc2s1)N1CCc2c([nH]c3ccccc23)C1c1ccc(C(F)(F)F)cc1. The van der Waals surface area contributed by atoms with Crippen LogP contribution in [0, 0.1) is 0 Å². The number of aromatic amines is 1. The molecule has 0 fully saturated rings. The number of fused-ring (bicyclic) bond motifs is 4. The van der Waals surface area contributed by atoms with E-state index in [1.807, 2.05) is 54.6 Å². The summed E-state index contributed by atoms with van der Waals surface area (Å²) in [4.78, 5) is 19.6. The number of carbonyl (C=O) groups is 1. The number of aromatic nitrogens is 1. The lowest BCUT2D eigenvalue weighted by Crippen LogP contribution is -2.40. The van der Waals surface area contributed by atoms with Crippen LogP contribution in [-0.4, -0.2) is 22.3 Å². The number of hydrogen-bond donors (Lipinski definition) is 1. The first-order chi connectivity index (χ1) is 16.4. The molecule has 0 radical (unpaired) electrons. The van der Waals surface area contributed by atoms with E-state index in [0.717, 1.165) is 44.4 Å². The molecule has 3 nitrogen and oxygen atoms in total. The smallest absolute Gasteiger partial charge is 0.356 e. The second kappa shape index (κ2) is 7.74. The van der Waals surface area contributed by atoms with Gasteiger partial charge in [-0.15, -0.1) is 11.3 Å². The summed E-state index contributed by atoms with van der Waals surface area (Å²) in [5.74, 6) is -0.115. The van der Waals surface area contributed by atoms with E-state index in [0.29, 0.717) is 23.4 Å². The number of alkyl halides is 3. The van der Waals surface area contributed by atoms with Crippen LogP contribution in [0.5, 0.6) is 0 Å². The van der Waals surface area contributed by atoms with Gasteiger partial charge in [-0.2, -0.15) is 13.2 Å². The molecular weight excluding hydrogens is 457 g/mol. The Bertz CT molecular complexity index is 1500. The topological polar surface area (TPSA) is 36.1 Å². The predicted molar refractivity (Wildman–Crippen MR) is 128 cm³/mol. The van der Waals surface area contributed by atoms with Crippen LogP contribution < -0.4 is 0 Å². The maximum Gasteiger partial charge on any atom is 0.416 e. The highest BCUT2D eigenvalue weighted by molar-refractivity contribution is 7.20. The molecule has 0 saturated heterocycles. The largest absolute Gasteiger partial charge is 0.416 e. The Balaban J connectivity index is 1.48. The van der Waals surface area contributed by atoms with Crippen molar-refractivity contribution in [3.05, 3.63) is 106 Å². The number of benzene rings is 3. The number of thiophene rings is 1. The third-order valence-electron chi connectivity index (χ3n) is 6.49. The molecule has 1 aliphatic rings. The van der Waals surface area contributed by atoms with Gasteiger partial charge >= 0.3 is 6.18 Å². The van der Waals surface area contributed by atoms with Crippen molar-refractivity contribution < 1.29 is 18.0 Å². The predicted octanol–water partition coefficient (Wildman–Crippen LogP) is 7.19. The van der Waals surface area contributed by atoms with E-state index < -0.39 is 17.8 Å². The number of rotatable bonds is 2. The molecule has 3 heterocycles. The lowest BCUT2D eigenvalue weighted by molar-refractivity contribution is -0.137. The Morgan fingerprint density at radius 1 is 0.971 bits per heavy atom. The van der Waals surface area contributed by atoms with Gasteiger partial charge in [0.25, 0.3) is 5.91 Å². The first-order valence-electron chi connectivity index (χ1n) is 11.0. The van der Waals surface area contributed by atoms with Crippen LogP contribution in [0.15, 0.2) is 78.9 Å². The lowest BCUT2D eigenvalue weighted by atomic mass is 9.91. The third-order valence-corrected chi connectivity index (χ3v) is 7.59. The van der Waals surface area contributed by atoms with Gasteiger partial charge in [0.15, 0.2) is 0 Å². The fraction of sp³-hybridized carbons (Fsp3) is 0.148. The van der Waals surface area contributed by atoms with Crippen molar-refractivity contribution in [2.24, 2.45) is 0 Å². The van der Waals surface area contributed by atoms with Crippen LogP contribution in [0.3, 0.4) is 0 Å². The Morgan fingerprint density at radius 3 is 2.47 bits per heavy atom. The number of amides is 1. The van der Waals surface area contributed by atoms with Crippen molar-refractivity contribution >= 4 is 38.2 Å². The van der Waals surface area contributed by atoms with Crippen molar-refractivity contribution in [1.29, 1.82) is 0 Å². The number of carbonyl (C=O) groups excluding carboxylic acids is 1. The summed E-state index contributed by atoms with van der Waals surface area (Å²) >= 11 is 1.44. The summed E-state index contributed by atoms with van der Waals surface area (Å²) in [6, 6.07) is 22.3. The molecular formula is C27H19F3N2OS. The fourth-order valence-electron chi connectivity index (χ4n) is 4.89. The van der Waals surface area contributed by atoms with Gasteiger partial charge in [-0.25, -0.2) is 0 Å². The Hall–Kier alpha value is -3.58. The lowest BCUT2D eigenvalue weighted by Gasteiger charge is -2.36. The quantitative estimate of drug-likeness (QED) is 0.288. The zero-order valence-electron chi connectivity index (χ0n) is 17.9. The molecule has 0 aliphatic carbocycles. The molecule has 6 rings (SSSR count). The van der Waals surface area contributed by atoms with Gasteiger partial charge in [-0.05, 0) is 53.3 Å². The molecule has 0 bridgehead atoms. The number of halogens is 3. The van der Waals surface area contributed by atoms with Crippen molar-refractivity contribution in [2.45, 2.75) is 18.6 Å². The number of hydrogen-bond acceptors (Lipinski definition) is 2. The van der Waals surface area contributed by atoms with Crippen LogP contribution >= 0.6 is 11.3 Å². The maximum atomic E-state index is 13.7. The van der Waals surface area contributed by atoms with Crippen LogP contribution in [0.1, 0.15) is 38.1 Å². The first-order valence-corrected chi connectivity index (χ1v) is 11.8. The van der Waals surface area contributed by atoms with Gasteiger partial charge in [0.1, 0.15) is 0 Å². The van der Waals surface area contributed by atoms with Gasteiger partial charge < -0.3 is 9.88 Å². The van der Waals surface area contributed by atoms with Gasteiger partial charge in [-0.3, -0.25) is 4.79 Å². The van der Waals surface area contributed by atoms with Crippen LogP contribution in [0.25, 0.3) is 21.0 Å². The minimum Gasteiger partial charge on any atom is -0.356 e. The monoisotopic (exact) mass is 476 g/mol. The van der Waals surface area contributed by atoms with Crippen LogP contribution in [-0.2, 0) is 12.6 Å². The summed E-state index contributed by atoms with van der Waals surface area (Å²) in [6.07, 6.45) is -3.74.